The van der Waals surface area contributed by atoms with Crippen molar-refractivity contribution in [1.29, 1.82) is 0 Å². The molecule has 0 aromatic heterocycles. The molecule has 0 heterocycles. The molecule has 0 aromatic rings. The van der Waals surface area contributed by atoms with Crippen LogP contribution in [0, 0.1) is 5.92 Å². The van der Waals surface area contributed by atoms with E-state index in [1.807, 2.05) is 13.8 Å². The summed E-state index contributed by atoms with van der Waals surface area (Å²) in [5.74, 6) is 0.0833. The first-order chi connectivity index (χ1) is 13.6. The maximum atomic E-state index is 9.35. The van der Waals surface area contributed by atoms with Crippen LogP contribution in [-0.2, 0) is 21.7 Å². The number of aliphatic hydroxyl groups excluding tert-OH is 4. The zero-order valence-electron chi connectivity index (χ0n) is 20.2. The van der Waals surface area contributed by atoms with Gasteiger partial charge in [0, 0.05) is 47.5 Å². The van der Waals surface area contributed by atoms with Crippen molar-refractivity contribution < 1.29 is 42.1 Å². The Labute approximate surface area is 197 Å². The predicted octanol–water partition coefficient (Wildman–Crippen LogP) is 5.84. The maximum Gasteiger partial charge on any atom is 0.0590 e. The standard InChI is InChI=1S/C8H18O2.2C8H18O.Ti/c1-3-5-8(10)7(4-2)6-9;2*1-2-3-4-5-6-7-8-9;/h7-10H,3-6H2,1-2H3;2*9H,2-8H2,1H3;. The largest absolute Gasteiger partial charge is 0.396 e. The minimum atomic E-state index is -0.306. The third kappa shape index (κ3) is 36.3. The van der Waals surface area contributed by atoms with Crippen molar-refractivity contribution in [3.63, 3.8) is 0 Å². The summed E-state index contributed by atoms with van der Waals surface area (Å²) in [6, 6.07) is 0. The molecule has 5 heteroatoms. The Hall–Kier alpha value is 0.554. The van der Waals surface area contributed by atoms with Gasteiger partial charge in [0.2, 0.25) is 0 Å². The molecule has 4 nitrogen and oxygen atoms in total. The number of aliphatic hydroxyl groups is 4. The van der Waals surface area contributed by atoms with Crippen LogP contribution in [0.2, 0.25) is 0 Å². The van der Waals surface area contributed by atoms with E-state index in [-0.39, 0.29) is 40.3 Å². The molecule has 0 radical (unpaired) electrons. The van der Waals surface area contributed by atoms with Gasteiger partial charge >= 0.3 is 0 Å². The maximum absolute atomic E-state index is 9.35. The van der Waals surface area contributed by atoms with Crippen molar-refractivity contribution >= 4 is 0 Å². The van der Waals surface area contributed by atoms with Gasteiger partial charge in [-0.25, -0.2) is 0 Å². The fourth-order valence-electron chi connectivity index (χ4n) is 2.84. The van der Waals surface area contributed by atoms with Crippen molar-refractivity contribution in [2.75, 3.05) is 19.8 Å². The van der Waals surface area contributed by atoms with Gasteiger partial charge in [-0.2, -0.15) is 0 Å². The summed E-state index contributed by atoms with van der Waals surface area (Å²) >= 11 is 0. The van der Waals surface area contributed by atoms with Gasteiger partial charge in [0.25, 0.3) is 0 Å². The average Bonchev–Trinajstić information content (AvgIpc) is 2.70. The van der Waals surface area contributed by atoms with Crippen LogP contribution in [0.25, 0.3) is 0 Å². The zero-order valence-corrected chi connectivity index (χ0v) is 21.7. The number of unbranched alkanes of at least 4 members (excludes halogenated alkanes) is 10. The Balaban J connectivity index is -0.000000159. The molecule has 0 bridgehead atoms. The van der Waals surface area contributed by atoms with Crippen LogP contribution in [0.4, 0.5) is 0 Å². The molecule has 0 aliphatic heterocycles. The second-order valence-corrected chi connectivity index (χ2v) is 7.69. The van der Waals surface area contributed by atoms with E-state index in [4.69, 9.17) is 15.3 Å². The van der Waals surface area contributed by atoms with Crippen LogP contribution in [0.5, 0.6) is 0 Å². The van der Waals surface area contributed by atoms with E-state index in [1.165, 1.54) is 64.2 Å². The van der Waals surface area contributed by atoms with E-state index >= 15 is 0 Å². The molecule has 0 saturated carbocycles. The Morgan fingerprint density at radius 3 is 1.21 bits per heavy atom. The molecule has 2 atom stereocenters. The fraction of sp³-hybridized carbons (Fsp3) is 1.00. The van der Waals surface area contributed by atoms with Gasteiger partial charge in [-0.15, -0.1) is 0 Å². The van der Waals surface area contributed by atoms with E-state index in [0.717, 1.165) is 32.1 Å². The minimum absolute atomic E-state index is 0. The molecule has 29 heavy (non-hydrogen) atoms. The van der Waals surface area contributed by atoms with Crippen LogP contribution in [0.1, 0.15) is 124 Å². The minimum Gasteiger partial charge on any atom is -0.396 e. The Morgan fingerprint density at radius 1 is 0.552 bits per heavy atom. The van der Waals surface area contributed by atoms with Crippen molar-refractivity contribution in [1.82, 2.24) is 0 Å². The average molecular weight is 455 g/mol. The summed E-state index contributed by atoms with van der Waals surface area (Å²) in [4.78, 5) is 0. The molecule has 0 saturated heterocycles. The van der Waals surface area contributed by atoms with Gasteiger partial charge < -0.3 is 20.4 Å². The second-order valence-electron chi connectivity index (χ2n) is 7.69. The monoisotopic (exact) mass is 454 g/mol. The van der Waals surface area contributed by atoms with Gasteiger partial charge in [0.1, 0.15) is 0 Å². The van der Waals surface area contributed by atoms with E-state index in [0.29, 0.717) is 13.2 Å². The summed E-state index contributed by atoms with van der Waals surface area (Å²) in [6.45, 7) is 9.29. The molecule has 4 N–H and O–H groups in total. The topological polar surface area (TPSA) is 80.9 Å². The van der Waals surface area contributed by atoms with Crippen LogP contribution in [0.15, 0.2) is 0 Å². The molecule has 0 aromatic carbocycles. The van der Waals surface area contributed by atoms with E-state index in [1.54, 1.807) is 0 Å². The SMILES string of the molecule is CCCC(O)C(CC)CO.CCCCCCCCO.CCCCCCCCO.[Ti]. The number of hydrogen-bond acceptors (Lipinski definition) is 4. The number of rotatable bonds is 17. The smallest absolute Gasteiger partial charge is 0.0590 e. The first-order valence-corrected chi connectivity index (χ1v) is 12.1. The zero-order chi connectivity index (χ0) is 21.9. The van der Waals surface area contributed by atoms with Gasteiger partial charge in [0.15, 0.2) is 0 Å². The molecule has 0 aliphatic rings. The molecule has 178 valence electrons. The van der Waals surface area contributed by atoms with Gasteiger partial charge in [-0.3, -0.25) is 0 Å². The first kappa shape index (κ1) is 36.9. The van der Waals surface area contributed by atoms with Crippen LogP contribution < -0.4 is 0 Å². The Morgan fingerprint density at radius 2 is 0.931 bits per heavy atom. The first-order valence-electron chi connectivity index (χ1n) is 12.1. The third-order valence-electron chi connectivity index (χ3n) is 4.91. The third-order valence-corrected chi connectivity index (χ3v) is 4.91. The van der Waals surface area contributed by atoms with Crippen LogP contribution >= 0.6 is 0 Å². The summed E-state index contributed by atoms with van der Waals surface area (Å²) in [6.07, 6.45) is 17.3. The van der Waals surface area contributed by atoms with E-state index in [2.05, 4.69) is 13.8 Å². The summed E-state index contributed by atoms with van der Waals surface area (Å²) in [5, 5.41) is 35.0. The van der Waals surface area contributed by atoms with Gasteiger partial charge in [0.05, 0.1) is 6.10 Å². The van der Waals surface area contributed by atoms with Crippen molar-refractivity contribution in [3.8, 4) is 0 Å². The molecule has 2 unspecified atom stereocenters. The molecule has 0 amide bonds. The molecule has 0 aliphatic carbocycles. The van der Waals surface area contributed by atoms with Crippen molar-refractivity contribution in [2.24, 2.45) is 5.92 Å². The van der Waals surface area contributed by atoms with Crippen molar-refractivity contribution in [2.45, 2.75) is 130 Å². The van der Waals surface area contributed by atoms with Crippen LogP contribution in [-0.4, -0.2) is 46.4 Å². The number of hydrogen-bond donors (Lipinski definition) is 4. The Kier molecular flexibility index (Phi) is 45.8. The summed E-state index contributed by atoms with van der Waals surface area (Å²) in [5.41, 5.74) is 0. The van der Waals surface area contributed by atoms with Crippen LogP contribution in [0.3, 0.4) is 0 Å². The molecule has 0 spiro atoms. The second kappa shape index (κ2) is 36.0. The molecule has 0 rings (SSSR count). The molecular formula is C24H54O4Ti. The summed E-state index contributed by atoms with van der Waals surface area (Å²) < 4.78 is 0. The summed E-state index contributed by atoms with van der Waals surface area (Å²) in [7, 11) is 0. The predicted molar refractivity (Wildman–Crippen MR) is 123 cm³/mol. The van der Waals surface area contributed by atoms with E-state index in [9.17, 15) is 5.11 Å². The normalized spacial score (nSPS) is 12.0. The van der Waals surface area contributed by atoms with E-state index < -0.39 is 0 Å². The van der Waals surface area contributed by atoms with Crippen molar-refractivity contribution in [3.05, 3.63) is 0 Å². The molecule has 0 fully saturated rings. The quantitative estimate of drug-likeness (QED) is 0.164. The Bertz CT molecular complexity index is 213. The molecular weight excluding hydrogens is 400 g/mol. The van der Waals surface area contributed by atoms with Gasteiger partial charge in [-0.05, 0) is 25.7 Å². The fourth-order valence-corrected chi connectivity index (χ4v) is 2.84. The van der Waals surface area contributed by atoms with Gasteiger partial charge in [-0.1, -0.05) is 98.3 Å².